The molecule has 0 aromatic heterocycles. The van der Waals surface area contributed by atoms with E-state index in [9.17, 15) is 10.2 Å². The minimum Gasteiger partial charge on any atom is -0.396 e. The van der Waals surface area contributed by atoms with E-state index in [4.69, 9.17) is 0 Å². The van der Waals surface area contributed by atoms with E-state index < -0.39 is 0 Å². The van der Waals surface area contributed by atoms with Gasteiger partial charge in [-0.05, 0) is 73.5 Å². The van der Waals surface area contributed by atoms with Crippen molar-refractivity contribution >= 4 is 0 Å². The molecule has 2 fully saturated rings. The van der Waals surface area contributed by atoms with Crippen LogP contribution in [-0.2, 0) is 0 Å². The van der Waals surface area contributed by atoms with Gasteiger partial charge in [0.05, 0.1) is 6.10 Å². The average Bonchev–Trinajstić information content (AvgIpc) is 2.92. The first-order chi connectivity index (χ1) is 11.4. The topological polar surface area (TPSA) is 40.5 Å². The Morgan fingerprint density at radius 1 is 1.08 bits per heavy atom. The lowest BCUT2D eigenvalue weighted by Gasteiger charge is -2.58. The zero-order valence-corrected chi connectivity index (χ0v) is 15.6. The Morgan fingerprint density at radius 2 is 1.83 bits per heavy atom. The lowest BCUT2D eigenvalue weighted by atomic mass is 9.47. The number of allylic oxidation sites excluding steroid dienone is 2. The van der Waals surface area contributed by atoms with Crippen LogP contribution in [0.3, 0.4) is 0 Å². The molecular weight excluding hydrogens is 296 g/mol. The van der Waals surface area contributed by atoms with Crippen LogP contribution in [0.4, 0.5) is 0 Å². The van der Waals surface area contributed by atoms with Crippen molar-refractivity contribution in [3.63, 3.8) is 0 Å². The summed E-state index contributed by atoms with van der Waals surface area (Å²) in [6.45, 7) is 7.44. The Morgan fingerprint density at radius 3 is 2.58 bits per heavy atom. The van der Waals surface area contributed by atoms with E-state index in [1.54, 1.807) is 5.57 Å². The van der Waals surface area contributed by atoms with E-state index in [1.807, 2.05) is 0 Å². The monoisotopic (exact) mass is 330 g/mol. The predicted molar refractivity (Wildman–Crippen MR) is 97.4 cm³/mol. The zero-order chi connectivity index (χ0) is 17.1. The molecule has 4 aliphatic carbocycles. The summed E-state index contributed by atoms with van der Waals surface area (Å²) in [5.41, 5.74) is 3.72. The molecule has 0 aromatic carbocycles. The fourth-order valence-electron chi connectivity index (χ4n) is 7.10. The molecule has 134 valence electrons. The van der Waals surface area contributed by atoms with Gasteiger partial charge in [0, 0.05) is 12.5 Å². The maximum atomic E-state index is 10.1. The number of aliphatic hydroxyl groups is 2. The Balaban J connectivity index is 1.64. The summed E-state index contributed by atoms with van der Waals surface area (Å²) < 4.78 is 0. The Kier molecular flexibility index (Phi) is 4.01. The molecule has 2 N–H and O–H groups in total. The van der Waals surface area contributed by atoms with Crippen molar-refractivity contribution in [2.24, 2.45) is 34.5 Å². The third-order valence-corrected chi connectivity index (χ3v) is 8.52. The van der Waals surface area contributed by atoms with Gasteiger partial charge in [-0.25, -0.2) is 0 Å². The molecule has 2 unspecified atom stereocenters. The summed E-state index contributed by atoms with van der Waals surface area (Å²) in [5, 5.41) is 19.8. The van der Waals surface area contributed by atoms with Crippen molar-refractivity contribution < 1.29 is 10.2 Å². The van der Waals surface area contributed by atoms with Crippen molar-refractivity contribution in [3.05, 3.63) is 23.3 Å². The molecule has 0 aliphatic heterocycles. The van der Waals surface area contributed by atoms with E-state index >= 15 is 0 Å². The second-order valence-electron chi connectivity index (χ2n) is 9.59. The van der Waals surface area contributed by atoms with Crippen LogP contribution in [0.5, 0.6) is 0 Å². The molecule has 0 bridgehead atoms. The molecule has 0 aromatic rings. The second-order valence-corrected chi connectivity index (χ2v) is 9.59. The first-order valence-corrected chi connectivity index (χ1v) is 10.1. The number of hydrogen-bond donors (Lipinski definition) is 2. The summed E-state index contributed by atoms with van der Waals surface area (Å²) >= 11 is 0. The third kappa shape index (κ3) is 2.22. The van der Waals surface area contributed by atoms with Crippen LogP contribution in [0.2, 0.25) is 0 Å². The van der Waals surface area contributed by atoms with E-state index in [1.165, 1.54) is 31.3 Å². The Bertz CT molecular complexity index is 577. The van der Waals surface area contributed by atoms with Gasteiger partial charge >= 0.3 is 0 Å². The normalized spacial score (nSPS) is 48.7. The van der Waals surface area contributed by atoms with Crippen LogP contribution in [0.1, 0.15) is 65.7 Å². The highest BCUT2D eigenvalue weighted by molar-refractivity contribution is 5.31. The fraction of sp³-hybridized carbons (Fsp3) is 0.818. The molecule has 0 heterocycles. The SMILES string of the molecule is CC(CO)C1=CC[C@H]2[C@@H]3CC=C4CC(O)CC[C@]4(C)[C@H]3CC[C@]12C. The van der Waals surface area contributed by atoms with Crippen LogP contribution in [0, 0.1) is 34.5 Å². The Labute approximate surface area is 147 Å². The first kappa shape index (κ1) is 16.8. The number of fused-ring (bicyclic) bond motifs is 5. The standard InChI is InChI=1S/C22H34O2/c1-14(13-23)18-6-7-19-17-5-4-15-12-16(24)8-10-21(15,2)20(17)9-11-22(18,19)3/h4,6,14,16-17,19-20,23-24H,5,7-13H2,1-3H3/t14?,16?,17-,19-,20-,21-,22+/m0/s1. The van der Waals surface area contributed by atoms with Crippen molar-refractivity contribution in [3.8, 4) is 0 Å². The van der Waals surface area contributed by atoms with Crippen molar-refractivity contribution in [1.29, 1.82) is 0 Å². The van der Waals surface area contributed by atoms with E-state index in [0.717, 1.165) is 37.0 Å². The zero-order valence-electron chi connectivity index (χ0n) is 15.6. The van der Waals surface area contributed by atoms with Crippen molar-refractivity contribution in [2.45, 2.75) is 71.8 Å². The van der Waals surface area contributed by atoms with Gasteiger partial charge in [0.2, 0.25) is 0 Å². The van der Waals surface area contributed by atoms with Crippen LogP contribution in [0.15, 0.2) is 23.3 Å². The highest BCUT2D eigenvalue weighted by Gasteiger charge is 2.56. The van der Waals surface area contributed by atoms with Gasteiger partial charge in [0.15, 0.2) is 0 Å². The lowest BCUT2D eigenvalue weighted by molar-refractivity contribution is -0.0322. The van der Waals surface area contributed by atoms with Gasteiger partial charge in [-0.15, -0.1) is 0 Å². The number of aliphatic hydroxyl groups excluding tert-OH is 2. The van der Waals surface area contributed by atoms with Crippen LogP contribution < -0.4 is 0 Å². The van der Waals surface area contributed by atoms with Crippen molar-refractivity contribution in [2.75, 3.05) is 6.61 Å². The van der Waals surface area contributed by atoms with Gasteiger partial charge in [-0.1, -0.05) is 44.1 Å². The predicted octanol–water partition coefficient (Wildman–Crippen LogP) is 4.47. The smallest absolute Gasteiger partial charge is 0.0577 e. The molecule has 2 nitrogen and oxygen atoms in total. The second kappa shape index (κ2) is 5.71. The third-order valence-electron chi connectivity index (χ3n) is 8.52. The van der Waals surface area contributed by atoms with E-state index in [0.29, 0.717) is 16.7 Å². The van der Waals surface area contributed by atoms with Gasteiger partial charge in [-0.3, -0.25) is 0 Å². The molecule has 4 rings (SSSR count). The minimum absolute atomic E-state index is 0.111. The summed E-state index contributed by atoms with van der Waals surface area (Å²) in [7, 11) is 0. The molecule has 0 spiro atoms. The van der Waals surface area contributed by atoms with Crippen molar-refractivity contribution in [1.82, 2.24) is 0 Å². The molecule has 24 heavy (non-hydrogen) atoms. The number of hydrogen-bond acceptors (Lipinski definition) is 2. The molecule has 2 saturated carbocycles. The molecule has 0 radical (unpaired) electrons. The maximum absolute atomic E-state index is 10.1. The van der Waals surface area contributed by atoms with Gasteiger partial charge < -0.3 is 10.2 Å². The van der Waals surface area contributed by atoms with E-state index in [-0.39, 0.29) is 12.7 Å². The minimum atomic E-state index is -0.111. The fourth-order valence-corrected chi connectivity index (χ4v) is 7.10. The maximum Gasteiger partial charge on any atom is 0.0577 e. The average molecular weight is 331 g/mol. The summed E-state index contributed by atoms with van der Waals surface area (Å²) in [6.07, 6.45) is 12.9. The van der Waals surface area contributed by atoms with Crippen LogP contribution >= 0.6 is 0 Å². The highest BCUT2D eigenvalue weighted by Crippen LogP contribution is 2.65. The molecule has 7 atom stereocenters. The summed E-state index contributed by atoms with van der Waals surface area (Å²) in [5.74, 6) is 2.64. The van der Waals surface area contributed by atoms with Crippen LogP contribution in [0.25, 0.3) is 0 Å². The molecule has 0 saturated heterocycles. The van der Waals surface area contributed by atoms with E-state index in [2.05, 4.69) is 32.9 Å². The molecule has 2 heteroatoms. The molecule has 4 aliphatic rings. The summed E-state index contributed by atoms with van der Waals surface area (Å²) in [4.78, 5) is 0. The first-order valence-electron chi connectivity index (χ1n) is 10.1. The van der Waals surface area contributed by atoms with Gasteiger partial charge in [0.25, 0.3) is 0 Å². The lowest BCUT2D eigenvalue weighted by Crippen LogP contribution is -2.50. The Hall–Kier alpha value is -0.600. The molecular formula is C22H34O2. The quantitative estimate of drug-likeness (QED) is 0.733. The van der Waals surface area contributed by atoms with Gasteiger partial charge in [0.1, 0.15) is 0 Å². The summed E-state index contributed by atoms with van der Waals surface area (Å²) in [6, 6.07) is 0. The van der Waals surface area contributed by atoms with Gasteiger partial charge in [-0.2, -0.15) is 0 Å². The number of rotatable bonds is 2. The van der Waals surface area contributed by atoms with Crippen LogP contribution in [-0.4, -0.2) is 22.9 Å². The molecule has 0 amide bonds. The largest absolute Gasteiger partial charge is 0.396 e. The highest BCUT2D eigenvalue weighted by atomic mass is 16.3.